The number of anilines is 1. The van der Waals surface area contributed by atoms with Crippen molar-refractivity contribution in [2.24, 2.45) is 0 Å². The minimum atomic E-state index is -4.89. The summed E-state index contributed by atoms with van der Waals surface area (Å²) in [5.74, 6) is -0.947. The van der Waals surface area contributed by atoms with Crippen molar-refractivity contribution in [1.82, 2.24) is 0 Å². The number of carbonyl (C=O) groups is 1. The summed E-state index contributed by atoms with van der Waals surface area (Å²) in [5.41, 5.74) is -0.125. The van der Waals surface area contributed by atoms with Gasteiger partial charge in [-0.1, -0.05) is 27.5 Å². The highest BCUT2D eigenvalue weighted by Gasteiger charge is 2.37. The molecule has 1 aliphatic heterocycles. The quantitative estimate of drug-likeness (QED) is 0.700. The van der Waals surface area contributed by atoms with Crippen LogP contribution in [0.1, 0.15) is 6.42 Å². The molecule has 1 amide bonds. The van der Waals surface area contributed by atoms with Gasteiger partial charge in [0.15, 0.2) is 5.75 Å². The number of hydrogen-bond acceptors (Lipinski definition) is 2. The second-order valence-corrected chi connectivity index (χ2v) is 6.03. The molecule has 1 saturated heterocycles. The smallest absolute Gasteiger partial charge is 0.403 e. The Kier molecular flexibility index (Phi) is 4.41. The van der Waals surface area contributed by atoms with Crippen molar-refractivity contribution in [2.75, 3.05) is 11.4 Å². The molecular formula is C11H7BrCl2F3NO2. The van der Waals surface area contributed by atoms with E-state index in [0.29, 0.717) is 4.47 Å². The van der Waals surface area contributed by atoms with E-state index in [9.17, 15) is 18.0 Å². The molecule has 1 fully saturated rings. The lowest BCUT2D eigenvalue weighted by Crippen LogP contribution is -2.27. The van der Waals surface area contributed by atoms with Crippen molar-refractivity contribution in [3.8, 4) is 5.75 Å². The van der Waals surface area contributed by atoms with Crippen LogP contribution in [0.15, 0.2) is 16.6 Å². The number of benzene rings is 1. The molecule has 20 heavy (non-hydrogen) atoms. The molecule has 1 aliphatic rings. The Morgan fingerprint density at radius 2 is 2.05 bits per heavy atom. The Hall–Kier alpha value is -0.660. The van der Waals surface area contributed by atoms with Gasteiger partial charge in [-0.3, -0.25) is 4.79 Å². The lowest BCUT2D eigenvalue weighted by molar-refractivity contribution is -0.274. The second-order valence-electron chi connectivity index (χ2n) is 4.09. The van der Waals surface area contributed by atoms with E-state index in [1.807, 2.05) is 0 Å². The topological polar surface area (TPSA) is 29.5 Å². The molecule has 2 rings (SSSR count). The molecule has 0 aliphatic carbocycles. The SMILES string of the molecule is O=C1CC(Cl)CN1c1c(Cl)cc(Br)cc1OC(F)(F)F. The number of halogens is 6. The lowest BCUT2D eigenvalue weighted by Gasteiger charge is -2.22. The first-order valence-electron chi connectivity index (χ1n) is 5.36. The molecule has 1 aromatic carbocycles. The largest absolute Gasteiger partial charge is 0.573 e. The van der Waals surface area contributed by atoms with Gasteiger partial charge in [0.25, 0.3) is 0 Å². The molecule has 0 spiro atoms. The first kappa shape index (κ1) is 15.7. The molecule has 3 nitrogen and oxygen atoms in total. The minimum absolute atomic E-state index is 0.0299. The maximum atomic E-state index is 12.4. The van der Waals surface area contributed by atoms with Crippen LogP contribution in [-0.4, -0.2) is 24.2 Å². The minimum Gasteiger partial charge on any atom is -0.403 e. The van der Waals surface area contributed by atoms with Crippen molar-refractivity contribution < 1.29 is 22.7 Å². The normalized spacial score (nSPS) is 19.6. The highest BCUT2D eigenvalue weighted by Crippen LogP contribution is 2.43. The first-order chi connectivity index (χ1) is 9.17. The molecule has 0 saturated carbocycles. The van der Waals surface area contributed by atoms with Crippen LogP contribution < -0.4 is 9.64 Å². The first-order valence-corrected chi connectivity index (χ1v) is 6.97. The number of alkyl halides is 4. The second kappa shape index (κ2) is 5.61. The van der Waals surface area contributed by atoms with E-state index in [-0.39, 0.29) is 23.7 Å². The zero-order chi connectivity index (χ0) is 15.1. The highest BCUT2D eigenvalue weighted by atomic mass is 79.9. The van der Waals surface area contributed by atoms with Crippen LogP contribution >= 0.6 is 39.1 Å². The predicted octanol–water partition coefficient (Wildman–Crippen LogP) is 4.35. The number of ether oxygens (including phenoxy) is 1. The molecular weight excluding hydrogens is 386 g/mol. The number of nitrogens with zero attached hydrogens (tertiary/aromatic N) is 1. The highest BCUT2D eigenvalue weighted by molar-refractivity contribution is 9.10. The van der Waals surface area contributed by atoms with E-state index in [0.717, 1.165) is 11.0 Å². The van der Waals surface area contributed by atoms with Crippen LogP contribution in [0.25, 0.3) is 0 Å². The molecule has 1 heterocycles. The van der Waals surface area contributed by atoms with Crippen molar-refractivity contribution in [2.45, 2.75) is 18.2 Å². The lowest BCUT2D eigenvalue weighted by atomic mass is 10.2. The van der Waals surface area contributed by atoms with Gasteiger partial charge < -0.3 is 9.64 Å². The van der Waals surface area contributed by atoms with E-state index < -0.39 is 23.4 Å². The van der Waals surface area contributed by atoms with Gasteiger partial charge in [0.2, 0.25) is 5.91 Å². The van der Waals surface area contributed by atoms with Gasteiger partial charge in [0, 0.05) is 17.4 Å². The van der Waals surface area contributed by atoms with E-state index in [4.69, 9.17) is 23.2 Å². The standard InChI is InChI=1S/C11H7BrCl2F3NO2/c12-5-1-7(14)10(8(2-5)20-11(15,16)17)18-4-6(13)3-9(18)19/h1-2,6H,3-4H2. The number of rotatable bonds is 2. The Balaban J connectivity index is 2.48. The van der Waals surface area contributed by atoms with Crippen LogP contribution in [-0.2, 0) is 4.79 Å². The zero-order valence-corrected chi connectivity index (χ0v) is 12.8. The van der Waals surface area contributed by atoms with Gasteiger partial charge >= 0.3 is 6.36 Å². The molecule has 0 radical (unpaired) electrons. The molecule has 0 aromatic heterocycles. The van der Waals surface area contributed by atoms with Crippen LogP contribution in [0, 0.1) is 0 Å². The fourth-order valence-corrected chi connectivity index (χ4v) is 3.04. The summed E-state index contributed by atoms with van der Waals surface area (Å²) in [4.78, 5) is 12.9. The van der Waals surface area contributed by atoms with Crippen LogP contribution in [0.3, 0.4) is 0 Å². The third kappa shape index (κ3) is 3.51. The fourth-order valence-electron chi connectivity index (χ4n) is 1.89. The molecule has 9 heteroatoms. The molecule has 1 atom stereocenters. The summed E-state index contributed by atoms with van der Waals surface area (Å²) in [6.07, 6.45) is -4.85. The molecule has 110 valence electrons. The van der Waals surface area contributed by atoms with Crippen LogP contribution in [0.5, 0.6) is 5.75 Å². The van der Waals surface area contributed by atoms with Crippen molar-refractivity contribution in [1.29, 1.82) is 0 Å². The van der Waals surface area contributed by atoms with E-state index in [1.54, 1.807) is 0 Å². The summed E-state index contributed by atoms with van der Waals surface area (Å²) >= 11 is 14.8. The summed E-state index contributed by atoms with van der Waals surface area (Å²) in [5, 5.41) is -0.501. The van der Waals surface area contributed by atoms with E-state index in [1.165, 1.54) is 6.07 Å². The summed E-state index contributed by atoms with van der Waals surface area (Å²) in [7, 11) is 0. The predicted molar refractivity (Wildman–Crippen MR) is 72.4 cm³/mol. The van der Waals surface area contributed by atoms with Gasteiger partial charge in [-0.25, -0.2) is 0 Å². The Morgan fingerprint density at radius 1 is 1.40 bits per heavy atom. The molecule has 0 N–H and O–H groups in total. The van der Waals surface area contributed by atoms with E-state index in [2.05, 4.69) is 20.7 Å². The zero-order valence-electron chi connectivity index (χ0n) is 9.68. The van der Waals surface area contributed by atoms with Crippen molar-refractivity contribution in [3.05, 3.63) is 21.6 Å². The van der Waals surface area contributed by atoms with Gasteiger partial charge in [-0.2, -0.15) is 0 Å². The van der Waals surface area contributed by atoms with Crippen LogP contribution in [0.4, 0.5) is 18.9 Å². The summed E-state index contributed by atoms with van der Waals surface area (Å²) < 4.78 is 41.6. The maximum Gasteiger partial charge on any atom is 0.573 e. The molecule has 0 bridgehead atoms. The van der Waals surface area contributed by atoms with Gasteiger partial charge in [0.1, 0.15) is 5.69 Å². The summed E-state index contributed by atoms with van der Waals surface area (Å²) in [6.45, 7) is 0.0793. The third-order valence-corrected chi connectivity index (χ3v) is 3.60. The monoisotopic (exact) mass is 391 g/mol. The number of amides is 1. The van der Waals surface area contributed by atoms with E-state index >= 15 is 0 Å². The maximum absolute atomic E-state index is 12.4. The van der Waals surface area contributed by atoms with Gasteiger partial charge in [-0.05, 0) is 12.1 Å². The number of hydrogen-bond donors (Lipinski definition) is 0. The molecule has 1 aromatic rings. The van der Waals surface area contributed by atoms with Crippen molar-refractivity contribution >= 4 is 50.7 Å². The molecule has 1 unspecified atom stereocenters. The Labute approximate surface area is 130 Å². The average Bonchev–Trinajstić information content (AvgIpc) is 2.54. The third-order valence-electron chi connectivity index (χ3n) is 2.57. The fraction of sp³-hybridized carbons (Fsp3) is 0.364. The Morgan fingerprint density at radius 3 is 2.55 bits per heavy atom. The van der Waals surface area contributed by atoms with Gasteiger partial charge in [-0.15, -0.1) is 24.8 Å². The Bertz CT molecular complexity index is 553. The summed E-state index contributed by atoms with van der Waals surface area (Å²) in [6, 6.07) is 2.48. The average molecular weight is 393 g/mol. The van der Waals surface area contributed by atoms with Gasteiger partial charge in [0.05, 0.1) is 10.4 Å². The van der Waals surface area contributed by atoms with Crippen molar-refractivity contribution in [3.63, 3.8) is 0 Å². The van der Waals surface area contributed by atoms with Crippen LogP contribution in [0.2, 0.25) is 5.02 Å². The number of carbonyl (C=O) groups excluding carboxylic acids is 1.